The average molecular weight is 276 g/mol. The molecule has 0 fully saturated rings. The second kappa shape index (κ2) is 5.36. The van der Waals surface area contributed by atoms with Crippen LogP contribution in [-0.2, 0) is 7.05 Å². The molecule has 0 spiro atoms. The van der Waals surface area contributed by atoms with Crippen LogP contribution in [0.25, 0.3) is 0 Å². The molecule has 3 N–H and O–H groups in total. The van der Waals surface area contributed by atoms with E-state index in [1.807, 2.05) is 30.5 Å². The monoisotopic (exact) mass is 276 g/mol. The minimum absolute atomic E-state index is 0.0404. The minimum atomic E-state index is -0.0404. The highest BCUT2D eigenvalue weighted by molar-refractivity contribution is 7.98. The Labute approximate surface area is 116 Å². The van der Waals surface area contributed by atoms with Gasteiger partial charge in [0.05, 0.1) is 5.69 Å². The lowest BCUT2D eigenvalue weighted by Crippen LogP contribution is -2.13. The number of hydrogen-bond donors (Lipinski definition) is 2. The van der Waals surface area contributed by atoms with Crippen LogP contribution in [0.5, 0.6) is 11.6 Å². The fourth-order valence-corrected chi connectivity index (χ4v) is 2.23. The number of hydrogen-bond acceptors (Lipinski definition) is 4. The van der Waals surface area contributed by atoms with Crippen LogP contribution in [0.15, 0.2) is 29.2 Å². The Morgan fingerprint density at radius 3 is 2.53 bits per heavy atom. The number of nitrogen functional groups attached to an aromatic ring is 1. The molecule has 0 unspecified atom stereocenters. The summed E-state index contributed by atoms with van der Waals surface area (Å²) in [4.78, 5) is 1.17. The fourth-order valence-electron chi connectivity index (χ4n) is 1.82. The molecule has 19 heavy (non-hydrogen) atoms. The van der Waals surface area contributed by atoms with E-state index in [-0.39, 0.29) is 5.84 Å². The van der Waals surface area contributed by atoms with Crippen molar-refractivity contribution in [2.24, 2.45) is 12.8 Å². The Morgan fingerprint density at radius 1 is 1.37 bits per heavy atom. The van der Waals surface area contributed by atoms with Gasteiger partial charge in [0, 0.05) is 11.9 Å². The fraction of sp³-hybridized carbons (Fsp3) is 0.231. The maximum absolute atomic E-state index is 7.60. The third-order valence-electron chi connectivity index (χ3n) is 2.71. The molecule has 0 aliphatic heterocycles. The zero-order valence-corrected chi connectivity index (χ0v) is 11.9. The highest BCUT2D eigenvalue weighted by Crippen LogP contribution is 2.28. The minimum Gasteiger partial charge on any atom is -0.439 e. The number of aryl methyl sites for hydroxylation is 2. The van der Waals surface area contributed by atoms with E-state index in [4.69, 9.17) is 15.9 Å². The van der Waals surface area contributed by atoms with Crippen LogP contribution in [0.1, 0.15) is 11.3 Å². The van der Waals surface area contributed by atoms with Crippen molar-refractivity contribution in [3.8, 4) is 11.6 Å². The topological polar surface area (TPSA) is 76.9 Å². The summed E-state index contributed by atoms with van der Waals surface area (Å²) < 4.78 is 7.38. The number of nitrogens with one attached hydrogen (secondary N) is 1. The Bertz CT molecular complexity index is 604. The van der Waals surface area contributed by atoms with E-state index >= 15 is 0 Å². The van der Waals surface area contributed by atoms with Gasteiger partial charge >= 0.3 is 0 Å². The molecule has 2 aromatic rings. The van der Waals surface area contributed by atoms with Crippen molar-refractivity contribution >= 4 is 17.6 Å². The molecule has 0 atom stereocenters. The Balaban J connectivity index is 2.34. The smallest absolute Gasteiger partial charge is 0.228 e. The van der Waals surface area contributed by atoms with Crippen molar-refractivity contribution in [3.05, 3.63) is 35.5 Å². The van der Waals surface area contributed by atoms with Gasteiger partial charge in [0.1, 0.15) is 17.1 Å². The average Bonchev–Trinajstić information content (AvgIpc) is 2.65. The first-order chi connectivity index (χ1) is 9.02. The van der Waals surface area contributed by atoms with E-state index in [2.05, 4.69) is 5.10 Å². The van der Waals surface area contributed by atoms with Crippen LogP contribution in [0, 0.1) is 12.3 Å². The lowest BCUT2D eigenvalue weighted by molar-refractivity contribution is 0.429. The molecule has 1 heterocycles. The molecule has 2 rings (SSSR count). The van der Waals surface area contributed by atoms with Gasteiger partial charge in [0.2, 0.25) is 5.88 Å². The molecule has 0 saturated carbocycles. The van der Waals surface area contributed by atoms with E-state index in [0.29, 0.717) is 22.9 Å². The highest BCUT2D eigenvalue weighted by atomic mass is 32.2. The Kier molecular flexibility index (Phi) is 3.80. The molecule has 0 bridgehead atoms. The SMILES string of the molecule is CSc1ccc(Oc2c(C(=N)N)c(C)nn2C)cc1. The second-order valence-corrected chi connectivity index (χ2v) is 4.96. The number of ether oxygens (including phenoxy) is 1. The molecular weight excluding hydrogens is 260 g/mol. The van der Waals surface area contributed by atoms with Crippen molar-refractivity contribution in [1.29, 1.82) is 5.41 Å². The predicted octanol–water partition coefficient (Wildman–Crippen LogP) is 2.53. The lowest BCUT2D eigenvalue weighted by atomic mass is 10.2. The third kappa shape index (κ3) is 2.73. The van der Waals surface area contributed by atoms with Crippen molar-refractivity contribution in [2.75, 3.05) is 6.26 Å². The van der Waals surface area contributed by atoms with Gasteiger partial charge in [-0.15, -0.1) is 11.8 Å². The molecule has 0 radical (unpaired) electrons. The first-order valence-corrected chi connectivity index (χ1v) is 6.95. The van der Waals surface area contributed by atoms with Crippen LogP contribution in [0.2, 0.25) is 0 Å². The van der Waals surface area contributed by atoms with E-state index in [1.165, 1.54) is 4.90 Å². The summed E-state index contributed by atoms with van der Waals surface area (Å²) in [5, 5.41) is 11.8. The predicted molar refractivity (Wildman–Crippen MR) is 77.3 cm³/mol. The van der Waals surface area contributed by atoms with Crippen molar-refractivity contribution in [3.63, 3.8) is 0 Å². The van der Waals surface area contributed by atoms with E-state index < -0.39 is 0 Å². The summed E-state index contributed by atoms with van der Waals surface area (Å²) in [6, 6.07) is 7.74. The normalized spacial score (nSPS) is 10.5. The molecule has 100 valence electrons. The van der Waals surface area contributed by atoms with Gasteiger partial charge < -0.3 is 10.5 Å². The second-order valence-electron chi connectivity index (χ2n) is 4.08. The van der Waals surface area contributed by atoms with Gasteiger partial charge in [0.25, 0.3) is 0 Å². The summed E-state index contributed by atoms with van der Waals surface area (Å²) in [6.07, 6.45) is 2.02. The molecule has 1 aromatic carbocycles. The summed E-state index contributed by atoms with van der Waals surface area (Å²) in [6.45, 7) is 1.81. The van der Waals surface area contributed by atoms with Gasteiger partial charge in [-0.25, -0.2) is 4.68 Å². The molecular formula is C13H16N4OS. The number of thioether (sulfide) groups is 1. The summed E-state index contributed by atoms with van der Waals surface area (Å²) in [5.41, 5.74) is 6.80. The van der Waals surface area contributed by atoms with Crippen LogP contribution in [-0.4, -0.2) is 21.9 Å². The maximum Gasteiger partial charge on any atom is 0.228 e. The number of benzene rings is 1. The number of nitrogens with two attached hydrogens (primary N) is 1. The van der Waals surface area contributed by atoms with Crippen molar-refractivity contribution < 1.29 is 4.74 Å². The van der Waals surface area contributed by atoms with E-state index in [0.717, 1.165) is 0 Å². The van der Waals surface area contributed by atoms with E-state index in [1.54, 1.807) is 30.4 Å². The van der Waals surface area contributed by atoms with E-state index in [9.17, 15) is 0 Å². The maximum atomic E-state index is 7.60. The Morgan fingerprint density at radius 2 is 2.00 bits per heavy atom. The summed E-state index contributed by atoms with van der Waals surface area (Å²) in [7, 11) is 1.77. The van der Waals surface area contributed by atoms with Gasteiger partial charge in [0.15, 0.2) is 0 Å². The Hall–Kier alpha value is -1.95. The van der Waals surface area contributed by atoms with Crippen molar-refractivity contribution in [2.45, 2.75) is 11.8 Å². The number of amidine groups is 1. The first-order valence-electron chi connectivity index (χ1n) is 5.73. The lowest BCUT2D eigenvalue weighted by Gasteiger charge is -2.08. The standard InChI is InChI=1S/C13H16N4OS/c1-8-11(12(14)15)13(17(2)16-8)18-9-4-6-10(19-3)7-5-9/h4-7H,1-3H3,(H3,14,15). The molecule has 1 aromatic heterocycles. The van der Waals surface area contributed by atoms with Gasteiger partial charge in [-0.3, -0.25) is 5.41 Å². The third-order valence-corrected chi connectivity index (χ3v) is 3.46. The highest BCUT2D eigenvalue weighted by Gasteiger charge is 2.17. The molecule has 6 heteroatoms. The van der Waals surface area contributed by atoms with Crippen LogP contribution < -0.4 is 10.5 Å². The summed E-state index contributed by atoms with van der Waals surface area (Å²) >= 11 is 1.67. The number of aromatic nitrogens is 2. The first kappa shape index (κ1) is 13.5. The van der Waals surface area contributed by atoms with Crippen LogP contribution in [0.3, 0.4) is 0 Å². The number of rotatable bonds is 4. The zero-order valence-electron chi connectivity index (χ0n) is 11.1. The summed E-state index contributed by atoms with van der Waals surface area (Å²) in [5.74, 6) is 1.14. The molecule has 0 aliphatic carbocycles. The van der Waals surface area contributed by atoms with Gasteiger partial charge in [-0.05, 0) is 37.4 Å². The number of nitrogens with zero attached hydrogens (tertiary/aromatic N) is 2. The molecule has 0 aliphatic rings. The van der Waals surface area contributed by atoms with Gasteiger partial charge in [-0.1, -0.05) is 0 Å². The zero-order chi connectivity index (χ0) is 14.0. The quantitative estimate of drug-likeness (QED) is 0.511. The van der Waals surface area contributed by atoms with Crippen LogP contribution >= 0.6 is 11.8 Å². The molecule has 0 amide bonds. The van der Waals surface area contributed by atoms with Crippen LogP contribution in [0.4, 0.5) is 0 Å². The van der Waals surface area contributed by atoms with Gasteiger partial charge in [-0.2, -0.15) is 5.10 Å². The van der Waals surface area contributed by atoms with Crippen molar-refractivity contribution in [1.82, 2.24) is 9.78 Å². The molecule has 5 nitrogen and oxygen atoms in total. The largest absolute Gasteiger partial charge is 0.439 e. The molecule has 0 saturated heterocycles.